The first-order valence-corrected chi connectivity index (χ1v) is 16.3. The first kappa shape index (κ1) is 22.1. The first-order chi connectivity index (χ1) is 15.3. The second-order valence-corrected chi connectivity index (χ2v) is 16.4. The van der Waals surface area contributed by atoms with Gasteiger partial charge in [-0.3, -0.25) is 0 Å². The van der Waals surface area contributed by atoms with Crippen LogP contribution in [0.15, 0.2) is 97.1 Å². The van der Waals surface area contributed by atoms with Gasteiger partial charge in [-0.05, 0) is 0 Å². The number of hydrogen-bond acceptors (Lipinski definition) is 3. The first-order valence-electron chi connectivity index (χ1n) is 9.76. The zero-order valence-corrected chi connectivity index (χ0v) is 21.5. The molecular formula is C26H22O2SSe2. The van der Waals surface area contributed by atoms with Crippen molar-refractivity contribution >= 4 is 45.2 Å². The SMILES string of the molecule is COc1ccc([Se]S[Se]c2ccc(OC)cc2-c2ccccc2)c(-c2ccccc2)c1. The van der Waals surface area contributed by atoms with Gasteiger partial charge in [-0.25, -0.2) is 0 Å². The summed E-state index contributed by atoms with van der Waals surface area (Å²) in [6.07, 6.45) is 0. The summed E-state index contributed by atoms with van der Waals surface area (Å²) in [5.41, 5.74) is 5.00. The van der Waals surface area contributed by atoms with Gasteiger partial charge in [0.15, 0.2) is 0 Å². The van der Waals surface area contributed by atoms with Gasteiger partial charge in [0.2, 0.25) is 0 Å². The average molecular weight is 556 g/mol. The summed E-state index contributed by atoms with van der Waals surface area (Å²) in [5.74, 6) is 1.80. The van der Waals surface area contributed by atoms with Crippen molar-refractivity contribution in [1.82, 2.24) is 0 Å². The minimum atomic E-state index is 0.297. The fraction of sp³-hybridized carbons (Fsp3) is 0.0769. The minimum absolute atomic E-state index is 0.297. The summed E-state index contributed by atoms with van der Waals surface area (Å²) < 4.78 is 13.7. The molecule has 0 atom stereocenters. The number of benzene rings is 4. The second kappa shape index (κ2) is 10.9. The predicted octanol–water partition coefficient (Wildman–Crippen LogP) is 4.96. The molecule has 0 N–H and O–H groups in total. The number of methoxy groups -OCH3 is 2. The molecule has 4 aromatic carbocycles. The predicted molar refractivity (Wildman–Crippen MR) is 135 cm³/mol. The third-order valence-electron chi connectivity index (χ3n) is 4.79. The summed E-state index contributed by atoms with van der Waals surface area (Å²) in [4.78, 5) is 0. The molecule has 0 spiro atoms. The van der Waals surface area contributed by atoms with E-state index >= 15 is 0 Å². The summed E-state index contributed by atoms with van der Waals surface area (Å²) in [6, 6.07) is 34.0. The fourth-order valence-corrected chi connectivity index (χ4v) is 13.6. The van der Waals surface area contributed by atoms with Crippen molar-refractivity contribution in [3.63, 3.8) is 0 Å². The third-order valence-corrected chi connectivity index (χ3v) is 14.3. The molecule has 4 rings (SSSR count). The summed E-state index contributed by atoms with van der Waals surface area (Å²) >= 11 is 0.594. The normalized spacial score (nSPS) is 10.6. The molecule has 0 aromatic heterocycles. The van der Waals surface area contributed by atoms with Crippen molar-refractivity contribution < 1.29 is 9.47 Å². The molecule has 156 valence electrons. The molecule has 0 heterocycles. The van der Waals surface area contributed by atoms with Crippen LogP contribution in [0.1, 0.15) is 0 Å². The fourth-order valence-electron chi connectivity index (χ4n) is 3.19. The molecule has 4 aromatic rings. The molecule has 0 bridgehead atoms. The van der Waals surface area contributed by atoms with Crippen molar-refractivity contribution in [2.45, 2.75) is 0 Å². The van der Waals surface area contributed by atoms with E-state index in [1.165, 1.54) is 31.2 Å². The van der Waals surface area contributed by atoms with E-state index in [4.69, 9.17) is 9.47 Å². The molecule has 0 saturated heterocycles. The van der Waals surface area contributed by atoms with Gasteiger partial charge in [-0.1, -0.05) is 0 Å². The van der Waals surface area contributed by atoms with Crippen LogP contribution < -0.4 is 18.4 Å². The van der Waals surface area contributed by atoms with Gasteiger partial charge in [0.25, 0.3) is 0 Å². The van der Waals surface area contributed by atoms with Gasteiger partial charge in [-0.15, -0.1) is 0 Å². The van der Waals surface area contributed by atoms with Gasteiger partial charge in [0.1, 0.15) is 0 Å². The Hall–Kier alpha value is -2.13. The Bertz CT molecular complexity index is 1040. The summed E-state index contributed by atoms with van der Waals surface area (Å²) in [7, 11) is 5.49. The van der Waals surface area contributed by atoms with Gasteiger partial charge in [-0.2, -0.15) is 0 Å². The standard InChI is InChI=1S/C26H22O2SSe2/c1-27-21-13-15-25(23(17-21)19-9-5-3-6-10-19)30-29-31-26-16-14-22(28-2)18-24(26)20-11-7-4-8-12-20/h3-18H,1-2H3. The van der Waals surface area contributed by atoms with E-state index in [1.807, 2.05) is 8.60 Å². The zero-order chi connectivity index (χ0) is 21.5. The Labute approximate surface area is 198 Å². The molecule has 0 fully saturated rings. The molecule has 31 heavy (non-hydrogen) atoms. The molecule has 0 amide bonds. The second-order valence-electron chi connectivity index (χ2n) is 6.69. The van der Waals surface area contributed by atoms with Crippen LogP contribution in [-0.2, 0) is 0 Å². The van der Waals surface area contributed by atoms with E-state index < -0.39 is 0 Å². The molecule has 5 heteroatoms. The van der Waals surface area contributed by atoms with E-state index in [1.54, 1.807) is 14.2 Å². The van der Waals surface area contributed by atoms with Crippen LogP contribution >= 0.6 is 8.60 Å². The van der Waals surface area contributed by atoms with Crippen molar-refractivity contribution in [2.24, 2.45) is 0 Å². The third kappa shape index (κ3) is 5.57. The summed E-state index contributed by atoms with van der Waals surface area (Å²) in [6.45, 7) is 0. The van der Waals surface area contributed by atoms with Crippen molar-refractivity contribution in [1.29, 1.82) is 0 Å². The molecular weight excluding hydrogens is 534 g/mol. The molecule has 2 nitrogen and oxygen atoms in total. The average Bonchev–Trinajstić information content (AvgIpc) is 2.85. The quantitative estimate of drug-likeness (QED) is 0.286. The van der Waals surface area contributed by atoms with E-state index in [0.717, 1.165) is 11.5 Å². The molecule has 0 aliphatic heterocycles. The Morgan fingerprint density at radius 3 is 1.35 bits per heavy atom. The van der Waals surface area contributed by atoms with Crippen LogP contribution in [0.4, 0.5) is 0 Å². The van der Waals surface area contributed by atoms with Crippen LogP contribution in [0.5, 0.6) is 11.5 Å². The van der Waals surface area contributed by atoms with E-state index in [0.29, 0.717) is 27.7 Å². The molecule has 0 radical (unpaired) electrons. The Kier molecular flexibility index (Phi) is 7.80. The molecule has 0 aliphatic carbocycles. The van der Waals surface area contributed by atoms with Crippen molar-refractivity contribution in [3.05, 3.63) is 97.1 Å². The molecule has 0 unspecified atom stereocenters. The number of hydrogen-bond donors (Lipinski definition) is 0. The van der Waals surface area contributed by atoms with Crippen LogP contribution in [0, 0.1) is 0 Å². The van der Waals surface area contributed by atoms with E-state index in [-0.39, 0.29) is 0 Å². The van der Waals surface area contributed by atoms with Gasteiger partial charge >= 0.3 is 200 Å². The van der Waals surface area contributed by atoms with Crippen LogP contribution in [0.25, 0.3) is 22.3 Å². The maximum atomic E-state index is 5.48. The topological polar surface area (TPSA) is 18.5 Å². The Morgan fingerprint density at radius 1 is 0.548 bits per heavy atom. The van der Waals surface area contributed by atoms with Crippen molar-refractivity contribution in [3.8, 4) is 33.8 Å². The number of ether oxygens (including phenoxy) is 2. The van der Waals surface area contributed by atoms with Crippen molar-refractivity contribution in [2.75, 3.05) is 14.2 Å². The molecule has 0 aliphatic rings. The van der Waals surface area contributed by atoms with Crippen LogP contribution in [0.3, 0.4) is 0 Å². The maximum absolute atomic E-state index is 5.48. The zero-order valence-electron chi connectivity index (χ0n) is 17.3. The monoisotopic (exact) mass is 558 g/mol. The Balaban J connectivity index is 1.57. The van der Waals surface area contributed by atoms with Gasteiger partial charge in [0, 0.05) is 0 Å². The Morgan fingerprint density at radius 2 is 0.968 bits per heavy atom. The van der Waals surface area contributed by atoms with Crippen LogP contribution in [0.2, 0.25) is 0 Å². The van der Waals surface area contributed by atoms with E-state index in [2.05, 4.69) is 97.1 Å². The van der Waals surface area contributed by atoms with Gasteiger partial charge < -0.3 is 0 Å². The number of rotatable bonds is 8. The van der Waals surface area contributed by atoms with Crippen LogP contribution in [-0.4, -0.2) is 41.9 Å². The molecule has 0 saturated carbocycles. The van der Waals surface area contributed by atoms with E-state index in [9.17, 15) is 0 Å². The summed E-state index contributed by atoms with van der Waals surface area (Å²) in [5, 5.41) is 0. The van der Waals surface area contributed by atoms with Gasteiger partial charge in [0.05, 0.1) is 0 Å².